The summed E-state index contributed by atoms with van der Waals surface area (Å²) >= 11 is 0. The van der Waals surface area contributed by atoms with Gasteiger partial charge in [0.05, 0.1) is 5.54 Å². The first-order chi connectivity index (χ1) is 8.01. The van der Waals surface area contributed by atoms with E-state index >= 15 is 0 Å². The topological polar surface area (TPSA) is 58.4 Å². The third-order valence-electron chi connectivity index (χ3n) is 4.44. The highest BCUT2D eigenvalue weighted by atomic mass is 16.2. The van der Waals surface area contributed by atoms with Crippen LogP contribution in [0.3, 0.4) is 0 Å². The molecule has 1 aliphatic carbocycles. The number of amides is 2. The van der Waals surface area contributed by atoms with Gasteiger partial charge < -0.3 is 16.0 Å². The second-order valence-corrected chi connectivity index (χ2v) is 5.98. The molecule has 4 nitrogen and oxygen atoms in total. The predicted molar refractivity (Wildman–Crippen MR) is 68.8 cm³/mol. The Kier molecular flexibility index (Phi) is 3.61. The Balaban J connectivity index is 1.91. The summed E-state index contributed by atoms with van der Waals surface area (Å²) < 4.78 is 0. The normalized spacial score (nSPS) is 29.4. The molecule has 1 atom stereocenters. The van der Waals surface area contributed by atoms with Gasteiger partial charge in [0.15, 0.2) is 0 Å². The number of urea groups is 1. The molecule has 4 heteroatoms. The molecule has 0 radical (unpaired) electrons. The van der Waals surface area contributed by atoms with Gasteiger partial charge in [0.25, 0.3) is 0 Å². The van der Waals surface area contributed by atoms with Crippen LogP contribution in [0.15, 0.2) is 0 Å². The van der Waals surface area contributed by atoms with Crippen molar-refractivity contribution in [2.75, 3.05) is 6.54 Å². The average Bonchev–Trinajstić information content (AvgIpc) is 2.55. The van der Waals surface area contributed by atoms with Gasteiger partial charge in [-0.15, -0.1) is 0 Å². The van der Waals surface area contributed by atoms with Crippen molar-refractivity contribution in [2.24, 2.45) is 5.73 Å². The Hall–Kier alpha value is -0.770. The van der Waals surface area contributed by atoms with E-state index in [0.29, 0.717) is 6.04 Å². The summed E-state index contributed by atoms with van der Waals surface area (Å²) in [6, 6.07) is 0.554. The van der Waals surface area contributed by atoms with Gasteiger partial charge in [-0.05, 0) is 33.1 Å². The third-order valence-corrected chi connectivity index (χ3v) is 4.44. The van der Waals surface area contributed by atoms with Crippen LogP contribution in [0.5, 0.6) is 0 Å². The van der Waals surface area contributed by atoms with Gasteiger partial charge in [0.2, 0.25) is 0 Å². The summed E-state index contributed by atoms with van der Waals surface area (Å²) in [5.41, 5.74) is 5.84. The van der Waals surface area contributed by atoms with Gasteiger partial charge in [-0.25, -0.2) is 4.79 Å². The lowest BCUT2D eigenvalue weighted by Crippen LogP contribution is -2.55. The first kappa shape index (κ1) is 12.7. The van der Waals surface area contributed by atoms with E-state index in [2.05, 4.69) is 19.2 Å². The molecule has 0 aromatic carbocycles. The van der Waals surface area contributed by atoms with E-state index in [9.17, 15) is 4.79 Å². The molecule has 2 amide bonds. The summed E-state index contributed by atoms with van der Waals surface area (Å²) in [5, 5.41) is 3.17. The number of nitrogens with two attached hydrogens (primary N) is 1. The van der Waals surface area contributed by atoms with Crippen molar-refractivity contribution in [2.45, 2.75) is 70.0 Å². The summed E-state index contributed by atoms with van der Waals surface area (Å²) in [4.78, 5) is 14.1. The van der Waals surface area contributed by atoms with Gasteiger partial charge >= 0.3 is 6.03 Å². The van der Waals surface area contributed by atoms with Crippen LogP contribution in [-0.4, -0.2) is 35.1 Å². The standard InChI is InChI=1S/C13H25N3O/c1-13(2)11(14)8-9-16(13)12(17)15-10-6-4-3-5-7-10/h10-11H,3-9,14H2,1-2H3,(H,15,17). The van der Waals surface area contributed by atoms with Crippen LogP contribution >= 0.6 is 0 Å². The van der Waals surface area contributed by atoms with E-state index in [4.69, 9.17) is 5.73 Å². The van der Waals surface area contributed by atoms with Gasteiger partial charge in [0.1, 0.15) is 0 Å². The minimum atomic E-state index is -0.210. The fraction of sp³-hybridized carbons (Fsp3) is 0.923. The van der Waals surface area contributed by atoms with Crippen molar-refractivity contribution in [1.29, 1.82) is 0 Å². The summed E-state index contributed by atoms with van der Waals surface area (Å²) in [5.74, 6) is 0. The smallest absolute Gasteiger partial charge is 0.318 e. The zero-order valence-electron chi connectivity index (χ0n) is 11.0. The first-order valence-corrected chi connectivity index (χ1v) is 6.85. The monoisotopic (exact) mass is 239 g/mol. The van der Waals surface area contributed by atoms with E-state index in [-0.39, 0.29) is 17.6 Å². The molecule has 2 fully saturated rings. The zero-order chi connectivity index (χ0) is 12.5. The lowest BCUT2D eigenvalue weighted by molar-refractivity contribution is 0.153. The number of carbonyl (C=O) groups excluding carboxylic acids is 1. The number of likely N-dealkylation sites (tertiary alicyclic amines) is 1. The van der Waals surface area contributed by atoms with Crippen molar-refractivity contribution < 1.29 is 4.79 Å². The molecule has 0 bridgehead atoms. The molecule has 1 saturated heterocycles. The van der Waals surface area contributed by atoms with Crippen LogP contribution < -0.4 is 11.1 Å². The van der Waals surface area contributed by atoms with Crippen LogP contribution in [0.4, 0.5) is 4.79 Å². The minimum Gasteiger partial charge on any atom is -0.335 e. The minimum absolute atomic E-state index is 0.0786. The van der Waals surface area contributed by atoms with Gasteiger partial charge in [0, 0.05) is 18.6 Å². The number of nitrogens with one attached hydrogen (secondary N) is 1. The zero-order valence-corrected chi connectivity index (χ0v) is 11.0. The maximum Gasteiger partial charge on any atom is 0.318 e. The highest BCUT2D eigenvalue weighted by Gasteiger charge is 2.42. The Labute approximate surface area is 104 Å². The highest BCUT2D eigenvalue weighted by Crippen LogP contribution is 2.28. The Morgan fingerprint density at radius 2 is 1.88 bits per heavy atom. The molecule has 2 rings (SSSR count). The van der Waals surface area contributed by atoms with Crippen LogP contribution in [0.1, 0.15) is 52.4 Å². The van der Waals surface area contributed by atoms with Crippen molar-refractivity contribution in [1.82, 2.24) is 10.2 Å². The molecule has 0 aromatic rings. The summed E-state index contributed by atoms with van der Waals surface area (Å²) in [6.07, 6.45) is 6.97. The molecule has 0 aromatic heterocycles. The molecular weight excluding hydrogens is 214 g/mol. The van der Waals surface area contributed by atoms with Gasteiger partial charge in [-0.3, -0.25) is 0 Å². The van der Waals surface area contributed by atoms with Gasteiger partial charge in [-0.2, -0.15) is 0 Å². The first-order valence-electron chi connectivity index (χ1n) is 6.85. The van der Waals surface area contributed by atoms with Crippen LogP contribution in [0.2, 0.25) is 0 Å². The van der Waals surface area contributed by atoms with Crippen molar-refractivity contribution in [3.05, 3.63) is 0 Å². The highest BCUT2D eigenvalue weighted by molar-refractivity contribution is 5.76. The van der Waals surface area contributed by atoms with Crippen LogP contribution in [-0.2, 0) is 0 Å². The lowest BCUT2D eigenvalue weighted by atomic mass is 9.95. The largest absolute Gasteiger partial charge is 0.335 e. The summed E-state index contributed by atoms with van der Waals surface area (Å²) in [7, 11) is 0. The molecule has 2 aliphatic rings. The summed E-state index contributed by atoms with van der Waals surface area (Å²) in [6.45, 7) is 4.91. The van der Waals surface area contributed by atoms with E-state index in [0.717, 1.165) is 25.8 Å². The maximum atomic E-state index is 12.2. The number of nitrogens with zero attached hydrogens (tertiary/aromatic N) is 1. The molecule has 3 N–H and O–H groups in total. The molecule has 98 valence electrons. The number of rotatable bonds is 1. The SMILES string of the molecule is CC1(C)C(N)CCN1C(=O)NC1CCCCC1. The lowest BCUT2D eigenvalue weighted by Gasteiger charge is -2.36. The quantitative estimate of drug-likeness (QED) is 0.733. The fourth-order valence-corrected chi connectivity index (χ4v) is 2.97. The van der Waals surface area contributed by atoms with E-state index < -0.39 is 0 Å². The Morgan fingerprint density at radius 1 is 1.24 bits per heavy atom. The number of hydrogen-bond acceptors (Lipinski definition) is 2. The Bertz CT molecular complexity index is 284. The van der Waals surface area contributed by atoms with Crippen LogP contribution in [0.25, 0.3) is 0 Å². The number of hydrogen-bond donors (Lipinski definition) is 2. The molecule has 1 unspecified atom stereocenters. The third kappa shape index (κ3) is 2.57. The second-order valence-electron chi connectivity index (χ2n) is 5.98. The molecule has 1 heterocycles. The second kappa shape index (κ2) is 4.84. The predicted octanol–water partition coefficient (Wildman–Crippen LogP) is 1.84. The van der Waals surface area contributed by atoms with Gasteiger partial charge in [-0.1, -0.05) is 19.3 Å². The fourth-order valence-electron chi connectivity index (χ4n) is 2.97. The molecule has 0 spiro atoms. The maximum absolute atomic E-state index is 12.2. The number of carbonyl (C=O) groups is 1. The van der Waals surface area contributed by atoms with E-state index in [1.807, 2.05) is 4.90 Å². The van der Waals surface area contributed by atoms with Crippen LogP contribution in [0, 0.1) is 0 Å². The van der Waals surface area contributed by atoms with E-state index in [1.165, 1.54) is 19.3 Å². The Morgan fingerprint density at radius 3 is 2.41 bits per heavy atom. The average molecular weight is 239 g/mol. The molecule has 1 aliphatic heterocycles. The molecule has 1 saturated carbocycles. The van der Waals surface area contributed by atoms with Crippen molar-refractivity contribution in [3.63, 3.8) is 0 Å². The van der Waals surface area contributed by atoms with E-state index in [1.54, 1.807) is 0 Å². The molecule has 17 heavy (non-hydrogen) atoms. The molecular formula is C13H25N3O. The van der Waals surface area contributed by atoms with Crippen molar-refractivity contribution in [3.8, 4) is 0 Å². The van der Waals surface area contributed by atoms with Crippen molar-refractivity contribution >= 4 is 6.03 Å².